The molecule has 0 radical (unpaired) electrons. The summed E-state index contributed by atoms with van der Waals surface area (Å²) < 4.78 is 10.00. The van der Waals surface area contributed by atoms with E-state index in [-0.39, 0.29) is 17.7 Å². The molecule has 1 atom stereocenters. The Morgan fingerprint density at radius 2 is 1.90 bits per heavy atom. The molecule has 1 unspecified atom stereocenters. The number of amides is 2. The lowest BCUT2D eigenvalue weighted by Crippen LogP contribution is -2.46. The lowest BCUT2D eigenvalue weighted by atomic mass is 9.95. The fraction of sp³-hybridized carbons (Fsp3) is 0.476. The van der Waals surface area contributed by atoms with E-state index in [4.69, 9.17) is 27.9 Å². The van der Waals surface area contributed by atoms with Crippen molar-refractivity contribution in [3.63, 3.8) is 0 Å². The van der Waals surface area contributed by atoms with Crippen LogP contribution < -0.4 is 10.1 Å². The minimum atomic E-state index is -0.698. The van der Waals surface area contributed by atoms with Crippen LogP contribution in [-0.4, -0.2) is 55.5 Å². The van der Waals surface area contributed by atoms with Gasteiger partial charge in [0.25, 0.3) is 0 Å². The van der Waals surface area contributed by atoms with Crippen molar-refractivity contribution < 1.29 is 23.9 Å². The van der Waals surface area contributed by atoms with Gasteiger partial charge in [0.1, 0.15) is 16.8 Å². The van der Waals surface area contributed by atoms with Crippen molar-refractivity contribution in [2.24, 2.45) is 5.92 Å². The van der Waals surface area contributed by atoms with Crippen molar-refractivity contribution in [2.45, 2.75) is 32.7 Å². The number of hydrogen-bond acceptors (Lipinski definition) is 5. The predicted octanol–water partition coefficient (Wildman–Crippen LogP) is 3.32. The van der Waals surface area contributed by atoms with E-state index in [2.05, 4.69) is 10.1 Å². The molecule has 1 aliphatic rings. The molecule has 164 valence electrons. The van der Waals surface area contributed by atoms with Crippen LogP contribution >= 0.6 is 23.2 Å². The van der Waals surface area contributed by atoms with Crippen LogP contribution in [0.5, 0.6) is 5.75 Å². The first-order valence-electron chi connectivity index (χ1n) is 9.74. The third-order valence-corrected chi connectivity index (χ3v) is 5.75. The van der Waals surface area contributed by atoms with Crippen LogP contribution in [0, 0.1) is 5.92 Å². The Morgan fingerprint density at radius 3 is 2.50 bits per heavy atom. The van der Waals surface area contributed by atoms with Crippen molar-refractivity contribution in [1.82, 2.24) is 10.2 Å². The zero-order valence-electron chi connectivity index (χ0n) is 17.2. The SMILES string of the molecule is CCOc1ccc(C=CC(=O)N2CCC(C(=O)NC(C)C(=O)OC)CC2)c(Cl)c1Cl. The molecule has 9 heteroatoms. The molecule has 1 aromatic carbocycles. The molecule has 7 nitrogen and oxygen atoms in total. The largest absolute Gasteiger partial charge is 0.492 e. The molecule has 0 aromatic heterocycles. The Bertz CT molecular complexity index is 820. The maximum Gasteiger partial charge on any atom is 0.328 e. The lowest BCUT2D eigenvalue weighted by Gasteiger charge is -2.31. The molecule has 0 aliphatic carbocycles. The summed E-state index contributed by atoms with van der Waals surface area (Å²) in [6, 6.07) is 2.75. The number of nitrogens with one attached hydrogen (secondary N) is 1. The van der Waals surface area contributed by atoms with Crippen LogP contribution in [-0.2, 0) is 19.1 Å². The highest BCUT2D eigenvalue weighted by Crippen LogP contribution is 2.35. The molecular weight excluding hydrogens is 431 g/mol. The van der Waals surface area contributed by atoms with Gasteiger partial charge in [-0.2, -0.15) is 0 Å². The number of esters is 1. The van der Waals surface area contributed by atoms with Gasteiger partial charge in [-0.05, 0) is 50.5 Å². The third kappa shape index (κ3) is 6.12. The summed E-state index contributed by atoms with van der Waals surface area (Å²) in [5.41, 5.74) is 0.615. The van der Waals surface area contributed by atoms with Crippen molar-refractivity contribution in [3.05, 3.63) is 33.8 Å². The first-order chi connectivity index (χ1) is 14.3. The molecule has 0 bridgehead atoms. The van der Waals surface area contributed by atoms with Gasteiger partial charge in [-0.15, -0.1) is 0 Å². The average Bonchev–Trinajstić information content (AvgIpc) is 2.75. The predicted molar refractivity (Wildman–Crippen MR) is 116 cm³/mol. The van der Waals surface area contributed by atoms with E-state index < -0.39 is 12.0 Å². The standard InChI is InChI=1S/C21H26Cl2N2O5/c1-4-30-16-7-5-14(18(22)19(16)23)6-8-17(26)25-11-9-15(10-12-25)20(27)24-13(2)21(28)29-3/h5-8,13,15H,4,9-12H2,1-3H3,(H,24,27). The number of nitrogens with zero attached hydrogens (tertiary/aromatic N) is 1. The van der Waals surface area contributed by atoms with Crippen LogP contribution in [0.15, 0.2) is 18.2 Å². The topological polar surface area (TPSA) is 84.9 Å². The van der Waals surface area contributed by atoms with Gasteiger partial charge in [0.15, 0.2) is 0 Å². The third-order valence-electron chi connectivity index (χ3n) is 4.87. The Labute approximate surface area is 186 Å². The Morgan fingerprint density at radius 1 is 1.23 bits per heavy atom. The van der Waals surface area contributed by atoms with Crippen molar-refractivity contribution in [3.8, 4) is 5.75 Å². The zero-order valence-corrected chi connectivity index (χ0v) is 18.8. The lowest BCUT2D eigenvalue weighted by molar-refractivity contribution is -0.145. The first kappa shape index (κ1) is 24.0. The van der Waals surface area contributed by atoms with E-state index in [1.807, 2.05) is 6.92 Å². The van der Waals surface area contributed by atoms with Crippen LogP contribution in [0.3, 0.4) is 0 Å². The van der Waals surface area contributed by atoms with E-state index in [0.717, 1.165) is 0 Å². The van der Waals surface area contributed by atoms with Crippen LogP contribution in [0.4, 0.5) is 0 Å². The van der Waals surface area contributed by atoms with E-state index in [0.29, 0.717) is 53.9 Å². The maximum atomic E-state index is 12.5. The molecule has 0 spiro atoms. The fourth-order valence-electron chi connectivity index (χ4n) is 3.14. The van der Waals surface area contributed by atoms with Crippen LogP contribution in [0.2, 0.25) is 10.0 Å². The fourth-order valence-corrected chi connectivity index (χ4v) is 3.58. The number of rotatable bonds is 7. The molecule has 1 aromatic rings. The van der Waals surface area contributed by atoms with Gasteiger partial charge in [-0.1, -0.05) is 23.2 Å². The summed E-state index contributed by atoms with van der Waals surface area (Å²) in [5, 5.41) is 3.28. The summed E-state index contributed by atoms with van der Waals surface area (Å²) in [7, 11) is 1.27. The summed E-state index contributed by atoms with van der Waals surface area (Å²) in [5.74, 6) is -0.614. The van der Waals surface area contributed by atoms with Crippen molar-refractivity contribution in [1.29, 1.82) is 0 Å². The summed E-state index contributed by atoms with van der Waals surface area (Å²) in [4.78, 5) is 37.9. The van der Waals surface area contributed by atoms with Gasteiger partial charge in [0.2, 0.25) is 11.8 Å². The van der Waals surface area contributed by atoms with Crippen LogP contribution in [0.25, 0.3) is 6.08 Å². The number of methoxy groups -OCH3 is 1. The normalized spacial score (nSPS) is 15.7. The zero-order chi connectivity index (χ0) is 22.3. The Hall–Kier alpha value is -2.25. The van der Waals surface area contributed by atoms with E-state index >= 15 is 0 Å². The number of hydrogen-bond donors (Lipinski definition) is 1. The number of benzene rings is 1. The second-order valence-electron chi connectivity index (χ2n) is 6.90. The van der Waals surface area contributed by atoms with Gasteiger partial charge >= 0.3 is 5.97 Å². The number of likely N-dealkylation sites (tertiary alicyclic amines) is 1. The molecule has 1 saturated heterocycles. The number of piperidine rings is 1. The number of carbonyl (C=O) groups is 3. The monoisotopic (exact) mass is 456 g/mol. The second-order valence-corrected chi connectivity index (χ2v) is 7.66. The van der Waals surface area contributed by atoms with Crippen molar-refractivity contribution in [2.75, 3.05) is 26.8 Å². The Balaban J connectivity index is 1.91. The minimum absolute atomic E-state index is 0.169. The molecule has 1 heterocycles. The maximum absolute atomic E-state index is 12.5. The smallest absolute Gasteiger partial charge is 0.328 e. The highest BCUT2D eigenvalue weighted by Gasteiger charge is 2.28. The number of carbonyl (C=O) groups excluding carboxylic acids is 3. The summed E-state index contributed by atoms with van der Waals surface area (Å²) in [6.07, 6.45) is 4.10. The number of ether oxygens (including phenoxy) is 2. The van der Waals surface area contributed by atoms with Gasteiger partial charge in [0.05, 0.1) is 18.7 Å². The van der Waals surface area contributed by atoms with Crippen LogP contribution in [0.1, 0.15) is 32.3 Å². The molecule has 0 saturated carbocycles. The van der Waals surface area contributed by atoms with E-state index in [1.54, 1.807) is 30.0 Å². The van der Waals surface area contributed by atoms with Crippen molar-refractivity contribution >= 4 is 47.1 Å². The van der Waals surface area contributed by atoms with Gasteiger partial charge < -0.3 is 19.7 Å². The molecule has 30 heavy (non-hydrogen) atoms. The van der Waals surface area contributed by atoms with Gasteiger partial charge in [0, 0.05) is 25.1 Å². The highest BCUT2D eigenvalue weighted by molar-refractivity contribution is 6.43. The molecule has 1 N–H and O–H groups in total. The molecule has 1 aliphatic heterocycles. The number of halogens is 2. The molecule has 1 fully saturated rings. The van der Waals surface area contributed by atoms with Gasteiger partial charge in [-0.25, -0.2) is 4.79 Å². The molecule has 2 rings (SSSR count). The highest BCUT2D eigenvalue weighted by atomic mass is 35.5. The summed E-state index contributed by atoms with van der Waals surface area (Å²) in [6.45, 7) is 4.80. The quantitative estimate of drug-likeness (QED) is 0.502. The van der Waals surface area contributed by atoms with E-state index in [1.165, 1.54) is 13.2 Å². The molecular formula is C21H26Cl2N2O5. The first-order valence-corrected chi connectivity index (χ1v) is 10.5. The van der Waals surface area contributed by atoms with E-state index in [9.17, 15) is 14.4 Å². The van der Waals surface area contributed by atoms with Gasteiger partial charge in [-0.3, -0.25) is 9.59 Å². The Kier molecular flexibility index (Phi) is 8.99. The molecule has 2 amide bonds. The average molecular weight is 457 g/mol. The second kappa shape index (κ2) is 11.2. The summed E-state index contributed by atoms with van der Waals surface area (Å²) >= 11 is 12.5. The minimum Gasteiger partial charge on any atom is -0.492 e.